The van der Waals surface area contributed by atoms with Gasteiger partial charge in [-0.1, -0.05) is 23.8 Å². The fraction of sp³-hybridized carbons (Fsp3) is 0.238. The van der Waals surface area contributed by atoms with Gasteiger partial charge in [0.1, 0.15) is 5.75 Å². The summed E-state index contributed by atoms with van der Waals surface area (Å²) in [5.41, 5.74) is 5.59. The second-order valence-electron chi connectivity index (χ2n) is 6.32. The molecule has 1 N–H and O–H groups in total. The fourth-order valence-corrected chi connectivity index (χ4v) is 3.06. The molecule has 4 heteroatoms. The maximum atomic E-state index is 12.8. The largest absolute Gasteiger partial charge is 0.497 e. The van der Waals surface area contributed by atoms with Gasteiger partial charge in [0.05, 0.1) is 18.2 Å². The van der Waals surface area contributed by atoms with E-state index in [0.29, 0.717) is 12.1 Å². The molecular weight excluding hydrogens is 312 g/mol. The van der Waals surface area contributed by atoms with Crippen LogP contribution in [0.1, 0.15) is 32.7 Å². The first-order valence-corrected chi connectivity index (χ1v) is 8.27. The van der Waals surface area contributed by atoms with Crippen molar-refractivity contribution in [2.75, 3.05) is 7.11 Å². The minimum absolute atomic E-state index is 0.0941. The Kier molecular flexibility index (Phi) is 4.70. The number of benzene rings is 2. The molecule has 3 rings (SSSR count). The Bertz CT molecular complexity index is 948. The van der Waals surface area contributed by atoms with E-state index in [1.165, 1.54) is 0 Å². The third-order valence-electron chi connectivity index (χ3n) is 4.21. The summed E-state index contributed by atoms with van der Waals surface area (Å²) in [5.74, 6) is 0.687. The van der Waals surface area contributed by atoms with Crippen molar-refractivity contribution in [3.63, 3.8) is 0 Å². The maximum Gasteiger partial charge on any atom is 0.252 e. The van der Waals surface area contributed by atoms with Crippen LogP contribution in [0.25, 0.3) is 10.9 Å². The smallest absolute Gasteiger partial charge is 0.252 e. The van der Waals surface area contributed by atoms with Gasteiger partial charge < -0.3 is 10.1 Å². The molecule has 0 aliphatic heterocycles. The number of hydrogen-bond donors (Lipinski definition) is 1. The van der Waals surface area contributed by atoms with Crippen LogP contribution in [0.4, 0.5) is 0 Å². The van der Waals surface area contributed by atoms with Crippen molar-refractivity contribution < 1.29 is 9.53 Å². The van der Waals surface area contributed by atoms with Crippen LogP contribution < -0.4 is 10.1 Å². The normalized spacial score (nSPS) is 10.7. The van der Waals surface area contributed by atoms with Gasteiger partial charge in [0.25, 0.3) is 5.91 Å². The van der Waals surface area contributed by atoms with Crippen LogP contribution in [0.2, 0.25) is 0 Å². The number of carbonyl (C=O) groups excluding carboxylic acids is 1. The molecule has 0 atom stereocenters. The Hall–Kier alpha value is -2.88. The Morgan fingerprint density at radius 1 is 1.12 bits per heavy atom. The first-order chi connectivity index (χ1) is 12.0. The zero-order chi connectivity index (χ0) is 18.0. The van der Waals surface area contributed by atoms with E-state index < -0.39 is 0 Å². The highest BCUT2D eigenvalue weighted by Gasteiger charge is 2.13. The molecule has 128 valence electrons. The number of nitrogens with zero attached hydrogens (tertiary/aromatic N) is 1. The predicted octanol–water partition coefficient (Wildman–Crippen LogP) is 4.10. The van der Waals surface area contributed by atoms with Gasteiger partial charge in [-0.2, -0.15) is 0 Å². The van der Waals surface area contributed by atoms with Crippen LogP contribution in [0.3, 0.4) is 0 Å². The first-order valence-electron chi connectivity index (χ1n) is 8.27. The van der Waals surface area contributed by atoms with E-state index in [0.717, 1.165) is 39.0 Å². The molecule has 0 bridgehead atoms. The predicted molar refractivity (Wildman–Crippen MR) is 100 cm³/mol. The lowest BCUT2D eigenvalue weighted by Crippen LogP contribution is -2.23. The number of aromatic nitrogens is 1. The zero-order valence-electron chi connectivity index (χ0n) is 15.0. The molecule has 0 spiro atoms. The van der Waals surface area contributed by atoms with Gasteiger partial charge in [-0.25, -0.2) is 0 Å². The second kappa shape index (κ2) is 6.93. The number of pyridine rings is 1. The highest BCUT2D eigenvalue weighted by Crippen LogP contribution is 2.23. The molecule has 1 aromatic heterocycles. The molecule has 0 aliphatic carbocycles. The Labute approximate surface area is 147 Å². The Morgan fingerprint density at radius 3 is 2.68 bits per heavy atom. The highest BCUT2D eigenvalue weighted by molar-refractivity contribution is 6.07. The van der Waals surface area contributed by atoms with Gasteiger partial charge >= 0.3 is 0 Å². The van der Waals surface area contributed by atoms with Crippen molar-refractivity contribution in [1.82, 2.24) is 10.3 Å². The lowest BCUT2D eigenvalue weighted by atomic mass is 10.0. The number of nitrogens with one attached hydrogen (secondary N) is 1. The number of hydrogen-bond acceptors (Lipinski definition) is 3. The minimum atomic E-state index is -0.0941. The summed E-state index contributed by atoms with van der Waals surface area (Å²) in [4.78, 5) is 17.4. The van der Waals surface area contributed by atoms with Crippen LogP contribution in [0, 0.1) is 20.8 Å². The molecule has 25 heavy (non-hydrogen) atoms. The van der Waals surface area contributed by atoms with E-state index >= 15 is 0 Å². The van der Waals surface area contributed by atoms with E-state index in [2.05, 4.69) is 16.4 Å². The maximum absolute atomic E-state index is 12.8. The quantitative estimate of drug-likeness (QED) is 0.781. The molecule has 4 nitrogen and oxygen atoms in total. The van der Waals surface area contributed by atoms with Gasteiger partial charge in [0.15, 0.2) is 0 Å². The van der Waals surface area contributed by atoms with E-state index in [4.69, 9.17) is 4.74 Å². The fourth-order valence-electron chi connectivity index (χ4n) is 3.06. The average Bonchev–Trinajstić information content (AvgIpc) is 2.60. The number of carbonyl (C=O) groups is 1. The van der Waals surface area contributed by atoms with Crippen molar-refractivity contribution in [3.05, 3.63) is 70.4 Å². The molecule has 2 aromatic carbocycles. The topological polar surface area (TPSA) is 51.2 Å². The standard InChI is InChI=1S/C21H22N2O2/c1-13-8-14(2)20-18(9-13)19(10-15(3)23-20)21(24)22-12-16-6-5-7-17(11-16)25-4/h5-11H,12H2,1-4H3,(H,22,24). The number of aryl methyl sites for hydroxylation is 3. The summed E-state index contributed by atoms with van der Waals surface area (Å²) >= 11 is 0. The molecule has 0 saturated heterocycles. The van der Waals surface area contributed by atoms with Crippen molar-refractivity contribution >= 4 is 16.8 Å². The molecule has 0 fully saturated rings. The van der Waals surface area contributed by atoms with Crippen molar-refractivity contribution in [1.29, 1.82) is 0 Å². The summed E-state index contributed by atoms with van der Waals surface area (Å²) in [6, 6.07) is 13.6. The molecule has 1 amide bonds. The number of amides is 1. The van der Waals surface area contributed by atoms with E-state index in [1.54, 1.807) is 7.11 Å². The summed E-state index contributed by atoms with van der Waals surface area (Å²) in [6.07, 6.45) is 0. The van der Waals surface area contributed by atoms with Crippen LogP contribution in [-0.2, 0) is 6.54 Å². The summed E-state index contributed by atoms with van der Waals surface area (Å²) < 4.78 is 5.23. The van der Waals surface area contributed by atoms with E-state index in [9.17, 15) is 4.79 Å². The number of rotatable bonds is 4. The van der Waals surface area contributed by atoms with Crippen LogP contribution in [-0.4, -0.2) is 18.0 Å². The lowest BCUT2D eigenvalue weighted by molar-refractivity contribution is 0.0952. The summed E-state index contributed by atoms with van der Waals surface area (Å²) in [6.45, 7) is 6.42. The van der Waals surface area contributed by atoms with Crippen molar-refractivity contribution in [3.8, 4) is 5.75 Å². The Balaban J connectivity index is 1.91. The molecular formula is C21H22N2O2. The van der Waals surface area contributed by atoms with Gasteiger partial charge in [0, 0.05) is 17.6 Å². The van der Waals surface area contributed by atoms with Gasteiger partial charge in [0.2, 0.25) is 0 Å². The third kappa shape index (κ3) is 3.63. The van der Waals surface area contributed by atoms with E-state index in [1.807, 2.05) is 57.2 Å². The highest BCUT2D eigenvalue weighted by atomic mass is 16.5. The van der Waals surface area contributed by atoms with Crippen molar-refractivity contribution in [2.24, 2.45) is 0 Å². The monoisotopic (exact) mass is 334 g/mol. The average molecular weight is 334 g/mol. The first kappa shape index (κ1) is 17.0. The van der Waals surface area contributed by atoms with Gasteiger partial charge in [-0.15, -0.1) is 0 Å². The van der Waals surface area contributed by atoms with Crippen LogP contribution >= 0.6 is 0 Å². The molecule has 0 aliphatic rings. The minimum Gasteiger partial charge on any atom is -0.497 e. The number of fused-ring (bicyclic) bond motifs is 1. The van der Waals surface area contributed by atoms with Gasteiger partial charge in [-0.05, 0) is 56.2 Å². The van der Waals surface area contributed by atoms with E-state index in [-0.39, 0.29) is 5.91 Å². The molecule has 0 saturated carbocycles. The van der Waals surface area contributed by atoms with Crippen molar-refractivity contribution in [2.45, 2.75) is 27.3 Å². The second-order valence-corrected chi connectivity index (χ2v) is 6.32. The SMILES string of the molecule is COc1cccc(CNC(=O)c2cc(C)nc3c(C)cc(C)cc23)c1. The molecule has 0 unspecified atom stereocenters. The summed E-state index contributed by atoms with van der Waals surface area (Å²) in [5, 5.41) is 3.90. The third-order valence-corrected chi connectivity index (χ3v) is 4.21. The number of ether oxygens (including phenoxy) is 1. The zero-order valence-corrected chi connectivity index (χ0v) is 15.0. The molecule has 0 radical (unpaired) electrons. The Morgan fingerprint density at radius 2 is 1.92 bits per heavy atom. The molecule has 1 heterocycles. The molecule has 3 aromatic rings. The van der Waals surface area contributed by atoms with Gasteiger partial charge in [-0.3, -0.25) is 9.78 Å². The lowest BCUT2D eigenvalue weighted by Gasteiger charge is -2.12. The number of methoxy groups -OCH3 is 1. The summed E-state index contributed by atoms with van der Waals surface area (Å²) in [7, 11) is 1.63. The van der Waals surface area contributed by atoms with Crippen LogP contribution in [0.5, 0.6) is 5.75 Å². The van der Waals surface area contributed by atoms with Crippen LogP contribution in [0.15, 0.2) is 42.5 Å².